The molecule has 1 aliphatic carbocycles. The number of benzene rings is 2. The van der Waals surface area contributed by atoms with Gasteiger partial charge in [-0.25, -0.2) is 5.43 Å². The van der Waals surface area contributed by atoms with E-state index >= 15 is 0 Å². The third kappa shape index (κ3) is 3.47. The Bertz CT molecular complexity index is 898. The Labute approximate surface area is 145 Å². The summed E-state index contributed by atoms with van der Waals surface area (Å²) in [5, 5.41) is 13.2. The number of hydrogen-bond acceptors (Lipinski definition) is 4. The quantitative estimate of drug-likeness (QED) is 0.577. The van der Waals surface area contributed by atoms with E-state index in [2.05, 4.69) is 20.7 Å². The van der Waals surface area contributed by atoms with Crippen molar-refractivity contribution in [2.45, 2.75) is 12.8 Å². The normalized spacial score (nSPS) is 13.9. The molecule has 1 N–H and O–H groups in total. The second kappa shape index (κ2) is 6.68. The average molecular weight is 331 g/mol. The van der Waals surface area contributed by atoms with Crippen molar-refractivity contribution in [2.75, 3.05) is 0 Å². The third-order valence-electron chi connectivity index (χ3n) is 3.98. The molecule has 1 saturated carbocycles. The van der Waals surface area contributed by atoms with Gasteiger partial charge in [0.25, 0.3) is 0 Å². The highest BCUT2D eigenvalue weighted by Gasteiger charge is 2.29. The largest absolute Gasteiger partial charge is 0.273 e. The number of nitrogens with one attached hydrogen (secondary N) is 1. The zero-order valence-electron chi connectivity index (χ0n) is 13.5. The molecule has 1 amide bonds. The molecule has 6 nitrogen and oxygen atoms in total. The fourth-order valence-electron chi connectivity index (χ4n) is 2.48. The molecule has 1 heterocycles. The molecular weight excluding hydrogens is 314 g/mol. The summed E-state index contributed by atoms with van der Waals surface area (Å²) in [6.45, 7) is 0. The topological polar surface area (TPSA) is 72.2 Å². The van der Waals surface area contributed by atoms with E-state index in [0.29, 0.717) is 11.4 Å². The van der Waals surface area contributed by atoms with Gasteiger partial charge in [0, 0.05) is 11.5 Å². The van der Waals surface area contributed by atoms with Gasteiger partial charge in [-0.1, -0.05) is 48.5 Å². The lowest BCUT2D eigenvalue weighted by Crippen LogP contribution is -2.19. The summed E-state index contributed by atoms with van der Waals surface area (Å²) < 4.78 is 0. The molecule has 0 spiro atoms. The predicted octanol–water partition coefficient (Wildman–Crippen LogP) is 2.79. The third-order valence-corrected chi connectivity index (χ3v) is 3.98. The Hall–Kier alpha value is -3.28. The fourth-order valence-corrected chi connectivity index (χ4v) is 2.48. The summed E-state index contributed by atoms with van der Waals surface area (Å²) in [6, 6.07) is 19.5. The van der Waals surface area contributed by atoms with Gasteiger partial charge in [-0.2, -0.15) is 9.90 Å². The fraction of sp³-hybridized carbons (Fsp3) is 0.158. The van der Waals surface area contributed by atoms with Gasteiger partial charge in [-0.05, 0) is 25.0 Å². The molecule has 124 valence electrons. The smallest absolute Gasteiger partial charge is 0.243 e. The summed E-state index contributed by atoms with van der Waals surface area (Å²) in [5.41, 5.74) is 5.70. The van der Waals surface area contributed by atoms with Gasteiger partial charge in [-0.3, -0.25) is 4.79 Å². The Kier molecular flexibility index (Phi) is 4.08. The Balaban J connectivity index is 1.66. The van der Waals surface area contributed by atoms with Crippen LogP contribution in [0, 0.1) is 5.92 Å². The van der Waals surface area contributed by atoms with E-state index in [9.17, 15) is 4.79 Å². The summed E-state index contributed by atoms with van der Waals surface area (Å²) in [7, 11) is 0. The van der Waals surface area contributed by atoms with Crippen molar-refractivity contribution in [1.29, 1.82) is 0 Å². The van der Waals surface area contributed by atoms with Gasteiger partial charge in [0.2, 0.25) is 5.91 Å². The molecule has 1 aliphatic rings. The van der Waals surface area contributed by atoms with E-state index in [1.54, 1.807) is 11.0 Å². The number of carbonyl (C=O) groups excluding carboxylic acids is 1. The van der Waals surface area contributed by atoms with Crippen molar-refractivity contribution < 1.29 is 4.79 Å². The van der Waals surface area contributed by atoms with Crippen LogP contribution in [0.25, 0.3) is 16.9 Å². The molecule has 4 rings (SSSR count). The maximum Gasteiger partial charge on any atom is 0.243 e. The van der Waals surface area contributed by atoms with Gasteiger partial charge in [0.05, 0.1) is 11.9 Å². The summed E-state index contributed by atoms with van der Waals surface area (Å²) in [5.74, 6) is 0.0821. The SMILES string of the molecule is O=C(N/N=C/c1nn(-c2ccccc2)nc1-c1ccccc1)C1CC1. The summed E-state index contributed by atoms with van der Waals surface area (Å²) in [4.78, 5) is 13.3. The predicted molar refractivity (Wildman–Crippen MR) is 95.3 cm³/mol. The second-order valence-electron chi connectivity index (χ2n) is 5.93. The maximum absolute atomic E-state index is 11.7. The maximum atomic E-state index is 11.7. The highest BCUT2D eigenvalue weighted by atomic mass is 16.2. The molecule has 3 aromatic rings. The first-order valence-corrected chi connectivity index (χ1v) is 8.22. The van der Waals surface area contributed by atoms with Crippen LogP contribution in [-0.2, 0) is 4.79 Å². The molecule has 0 bridgehead atoms. The minimum absolute atomic E-state index is 0.0343. The molecular formula is C19H17N5O. The van der Waals surface area contributed by atoms with Crippen LogP contribution in [0.3, 0.4) is 0 Å². The van der Waals surface area contributed by atoms with E-state index in [1.165, 1.54) is 0 Å². The van der Waals surface area contributed by atoms with Crippen LogP contribution < -0.4 is 5.43 Å². The van der Waals surface area contributed by atoms with Crippen molar-refractivity contribution in [3.8, 4) is 16.9 Å². The van der Waals surface area contributed by atoms with E-state index in [1.807, 2.05) is 60.7 Å². The van der Waals surface area contributed by atoms with Crippen molar-refractivity contribution in [2.24, 2.45) is 11.0 Å². The second-order valence-corrected chi connectivity index (χ2v) is 5.93. The Morgan fingerprint density at radius 2 is 1.72 bits per heavy atom. The number of amides is 1. The number of nitrogens with zero attached hydrogens (tertiary/aromatic N) is 4. The minimum atomic E-state index is -0.0343. The van der Waals surface area contributed by atoms with Crippen LogP contribution >= 0.6 is 0 Å². The van der Waals surface area contributed by atoms with Crippen molar-refractivity contribution >= 4 is 12.1 Å². The number of hydrogen-bond donors (Lipinski definition) is 1. The lowest BCUT2D eigenvalue weighted by atomic mass is 10.1. The first-order chi connectivity index (χ1) is 12.3. The van der Waals surface area contributed by atoms with Crippen molar-refractivity contribution in [3.63, 3.8) is 0 Å². The number of hydrazone groups is 1. The first kappa shape index (κ1) is 15.3. The summed E-state index contributed by atoms with van der Waals surface area (Å²) >= 11 is 0. The van der Waals surface area contributed by atoms with Crippen LogP contribution in [0.4, 0.5) is 0 Å². The van der Waals surface area contributed by atoms with E-state index in [-0.39, 0.29) is 11.8 Å². The lowest BCUT2D eigenvalue weighted by Gasteiger charge is -1.98. The Morgan fingerprint density at radius 3 is 2.40 bits per heavy atom. The van der Waals surface area contributed by atoms with Crippen molar-refractivity contribution in [1.82, 2.24) is 20.4 Å². The number of carbonyl (C=O) groups is 1. The van der Waals surface area contributed by atoms with E-state index in [4.69, 9.17) is 0 Å². The van der Waals surface area contributed by atoms with Crippen LogP contribution in [0.1, 0.15) is 18.5 Å². The highest BCUT2D eigenvalue weighted by Crippen LogP contribution is 2.28. The molecule has 1 fully saturated rings. The van der Waals surface area contributed by atoms with Gasteiger partial charge in [0.15, 0.2) is 0 Å². The molecule has 25 heavy (non-hydrogen) atoms. The van der Waals surface area contributed by atoms with Crippen LogP contribution in [0.2, 0.25) is 0 Å². The van der Waals surface area contributed by atoms with Crippen molar-refractivity contribution in [3.05, 3.63) is 66.4 Å². The molecule has 2 aromatic carbocycles. The zero-order chi connectivity index (χ0) is 17.1. The lowest BCUT2D eigenvalue weighted by molar-refractivity contribution is -0.122. The molecule has 6 heteroatoms. The number of aromatic nitrogens is 3. The van der Waals surface area contributed by atoms with E-state index < -0.39 is 0 Å². The number of rotatable bonds is 5. The minimum Gasteiger partial charge on any atom is -0.273 e. The molecule has 1 aromatic heterocycles. The summed E-state index contributed by atoms with van der Waals surface area (Å²) in [6.07, 6.45) is 3.44. The molecule has 0 atom stereocenters. The van der Waals surface area contributed by atoms with Gasteiger partial charge < -0.3 is 0 Å². The standard InChI is InChI=1S/C19H17N5O/c25-19(15-11-12-15)21-20-13-17-18(14-7-3-1-4-8-14)23-24(22-17)16-9-5-2-6-10-16/h1-10,13,15H,11-12H2,(H,21,25)/b20-13+. The van der Waals surface area contributed by atoms with Crippen LogP contribution in [0.5, 0.6) is 0 Å². The van der Waals surface area contributed by atoms with Gasteiger partial charge >= 0.3 is 0 Å². The average Bonchev–Trinajstić information content (AvgIpc) is 3.43. The van der Waals surface area contributed by atoms with Gasteiger partial charge in [-0.15, -0.1) is 10.2 Å². The van der Waals surface area contributed by atoms with Gasteiger partial charge in [0.1, 0.15) is 11.4 Å². The Morgan fingerprint density at radius 1 is 1.04 bits per heavy atom. The molecule has 0 radical (unpaired) electrons. The monoisotopic (exact) mass is 331 g/mol. The van der Waals surface area contributed by atoms with Crippen LogP contribution in [0.15, 0.2) is 65.8 Å². The highest BCUT2D eigenvalue weighted by molar-refractivity contribution is 5.88. The first-order valence-electron chi connectivity index (χ1n) is 8.22. The zero-order valence-corrected chi connectivity index (χ0v) is 13.5. The number of para-hydroxylation sites is 1. The molecule has 0 unspecified atom stereocenters. The van der Waals surface area contributed by atoms with Crippen LogP contribution in [-0.4, -0.2) is 27.1 Å². The molecule has 0 saturated heterocycles. The van der Waals surface area contributed by atoms with E-state index in [0.717, 1.165) is 24.1 Å². The molecule has 0 aliphatic heterocycles.